The average molecular weight is 448 g/mol. The summed E-state index contributed by atoms with van der Waals surface area (Å²) in [5.41, 5.74) is 7.62. The third kappa shape index (κ3) is 4.66. The SMILES string of the molecule is C[C@H](NC(=O)c1cnc(C#N)c(-c2cc(F)cc(F)c2)c1N1CC[C@H](N)C1)c1ccccn1. The molecule has 0 spiro atoms. The number of halogens is 2. The number of rotatable bonds is 5. The van der Waals surface area contributed by atoms with E-state index in [1.165, 1.54) is 6.20 Å². The molecule has 2 aromatic heterocycles. The topological polar surface area (TPSA) is 108 Å². The van der Waals surface area contributed by atoms with Crippen molar-refractivity contribution in [1.29, 1.82) is 5.26 Å². The maximum Gasteiger partial charge on any atom is 0.255 e. The van der Waals surface area contributed by atoms with E-state index in [0.29, 0.717) is 30.9 Å². The largest absolute Gasteiger partial charge is 0.369 e. The molecule has 7 nitrogen and oxygen atoms in total. The summed E-state index contributed by atoms with van der Waals surface area (Å²) >= 11 is 0. The molecule has 0 aliphatic carbocycles. The lowest BCUT2D eigenvalue weighted by Gasteiger charge is -2.26. The first kappa shape index (κ1) is 22.3. The van der Waals surface area contributed by atoms with Gasteiger partial charge in [0.1, 0.15) is 23.4 Å². The second-order valence-corrected chi connectivity index (χ2v) is 7.96. The zero-order valence-corrected chi connectivity index (χ0v) is 17.9. The maximum absolute atomic E-state index is 14.1. The van der Waals surface area contributed by atoms with Gasteiger partial charge in [-0.2, -0.15) is 5.26 Å². The number of nitrogens with two attached hydrogens (primary N) is 1. The summed E-state index contributed by atoms with van der Waals surface area (Å²) in [6.07, 6.45) is 3.62. The van der Waals surface area contributed by atoms with E-state index in [-0.39, 0.29) is 28.4 Å². The predicted molar refractivity (Wildman–Crippen MR) is 119 cm³/mol. The van der Waals surface area contributed by atoms with Gasteiger partial charge in [-0.3, -0.25) is 9.78 Å². The van der Waals surface area contributed by atoms with Gasteiger partial charge in [-0.05, 0) is 43.2 Å². The van der Waals surface area contributed by atoms with E-state index in [4.69, 9.17) is 5.73 Å². The highest BCUT2D eigenvalue weighted by Crippen LogP contribution is 2.38. The van der Waals surface area contributed by atoms with Crippen molar-refractivity contribution in [2.45, 2.75) is 25.4 Å². The molecule has 3 N–H and O–H groups in total. The predicted octanol–water partition coefficient (Wildman–Crippen LogP) is 3.32. The zero-order chi connectivity index (χ0) is 23.5. The number of nitrogens with one attached hydrogen (secondary N) is 1. The minimum atomic E-state index is -0.795. The van der Waals surface area contributed by atoms with Gasteiger partial charge < -0.3 is 16.0 Å². The van der Waals surface area contributed by atoms with E-state index in [0.717, 1.165) is 18.2 Å². The van der Waals surface area contributed by atoms with Crippen LogP contribution in [0, 0.1) is 23.0 Å². The van der Waals surface area contributed by atoms with Crippen molar-refractivity contribution in [3.63, 3.8) is 0 Å². The molecule has 0 unspecified atom stereocenters. The van der Waals surface area contributed by atoms with Crippen LogP contribution in [0.5, 0.6) is 0 Å². The van der Waals surface area contributed by atoms with E-state index in [2.05, 4.69) is 15.3 Å². The molecule has 1 fully saturated rings. The van der Waals surface area contributed by atoms with E-state index in [1.54, 1.807) is 25.3 Å². The van der Waals surface area contributed by atoms with Gasteiger partial charge in [-0.25, -0.2) is 13.8 Å². The number of nitriles is 1. The lowest BCUT2D eigenvalue weighted by Crippen LogP contribution is -2.32. The normalized spacial score (nSPS) is 16.3. The van der Waals surface area contributed by atoms with E-state index < -0.39 is 23.6 Å². The van der Waals surface area contributed by atoms with Crippen molar-refractivity contribution >= 4 is 11.6 Å². The number of hydrogen-bond acceptors (Lipinski definition) is 6. The van der Waals surface area contributed by atoms with Crippen molar-refractivity contribution < 1.29 is 13.6 Å². The van der Waals surface area contributed by atoms with Gasteiger partial charge in [0.2, 0.25) is 0 Å². The quantitative estimate of drug-likeness (QED) is 0.620. The Balaban J connectivity index is 1.85. The van der Waals surface area contributed by atoms with Crippen molar-refractivity contribution in [2.75, 3.05) is 18.0 Å². The molecular formula is C24H22F2N6O. The van der Waals surface area contributed by atoms with Crippen LogP contribution in [0.15, 0.2) is 48.8 Å². The van der Waals surface area contributed by atoms with E-state index >= 15 is 0 Å². The molecule has 1 aliphatic rings. The number of pyridine rings is 2. The zero-order valence-electron chi connectivity index (χ0n) is 17.9. The molecule has 3 aromatic rings. The molecule has 0 bridgehead atoms. The summed E-state index contributed by atoms with van der Waals surface area (Å²) < 4.78 is 28.2. The molecule has 168 valence electrons. The Labute approximate surface area is 189 Å². The number of carbonyl (C=O) groups is 1. The molecular weight excluding hydrogens is 426 g/mol. The second-order valence-electron chi connectivity index (χ2n) is 7.96. The van der Waals surface area contributed by atoms with Crippen LogP contribution < -0.4 is 16.0 Å². The van der Waals surface area contributed by atoms with Gasteiger partial charge >= 0.3 is 0 Å². The molecule has 1 amide bonds. The first-order valence-electron chi connectivity index (χ1n) is 10.5. The molecule has 1 saturated heterocycles. The molecule has 4 rings (SSSR count). The molecule has 33 heavy (non-hydrogen) atoms. The highest BCUT2D eigenvalue weighted by atomic mass is 19.1. The number of hydrogen-bond donors (Lipinski definition) is 2. The van der Waals surface area contributed by atoms with Crippen LogP contribution in [0.1, 0.15) is 41.1 Å². The first-order chi connectivity index (χ1) is 15.9. The monoisotopic (exact) mass is 448 g/mol. The van der Waals surface area contributed by atoms with Crippen LogP contribution in [-0.2, 0) is 0 Å². The second kappa shape index (κ2) is 9.30. The van der Waals surface area contributed by atoms with Crippen LogP contribution in [0.3, 0.4) is 0 Å². The first-order valence-corrected chi connectivity index (χ1v) is 10.5. The van der Waals surface area contributed by atoms with Gasteiger partial charge in [0.25, 0.3) is 5.91 Å². The van der Waals surface area contributed by atoms with Gasteiger partial charge in [-0.15, -0.1) is 0 Å². The number of nitrogens with zero attached hydrogens (tertiary/aromatic N) is 4. The minimum Gasteiger partial charge on any atom is -0.369 e. The summed E-state index contributed by atoms with van der Waals surface area (Å²) in [7, 11) is 0. The Hall–Kier alpha value is -3.90. The highest BCUT2D eigenvalue weighted by Gasteiger charge is 2.30. The lowest BCUT2D eigenvalue weighted by atomic mass is 9.97. The average Bonchev–Trinajstić information content (AvgIpc) is 3.23. The van der Waals surface area contributed by atoms with Gasteiger partial charge in [0.15, 0.2) is 0 Å². The van der Waals surface area contributed by atoms with E-state index in [1.807, 2.05) is 17.0 Å². The third-order valence-corrected chi connectivity index (χ3v) is 5.57. The smallest absolute Gasteiger partial charge is 0.255 e. The van der Waals surface area contributed by atoms with Crippen molar-refractivity contribution in [3.05, 3.63) is 77.4 Å². The lowest BCUT2D eigenvalue weighted by molar-refractivity contribution is 0.0939. The Morgan fingerprint density at radius 1 is 1.27 bits per heavy atom. The summed E-state index contributed by atoms with van der Waals surface area (Å²) in [5.74, 6) is -2.04. The number of carbonyl (C=O) groups excluding carboxylic acids is 1. The fourth-order valence-electron chi connectivity index (χ4n) is 4.02. The number of aromatic nitrogens is 2. The molecule has 1 aliphatic heterocycles. The Bertz CT molecular complexity index is 1210. The molecule has 0 radical (unpaired) electrons. The number of benzene rings is 1. The van der Waals surface area contributed by atoms with Gasteiger partial charge in [-0.1, -0.05) is 6.07 Å². The van der Waals surface area contributed by atoms with Crippen molar-refractivity contribution in [1.82, 2.24) is 15.3 Å². The fraction of sp³-hybridized carbons (Fsp3) is 0.250. The minimum absolute atomic E-state index is 0.0372. The summed E-state index contributed by atoms with van der Waals surface area (Å²) in [6.45, 7) is 2.75. The summed E-state index contributed by atoms with van der Waals surface area (Å²) in [5, 5.41) is 12.6. The number of amides is 1. The summed E-state index contributed by atoms with van der Waals surface area (Å²) in [4.78, 5) is 23.6. The molecule has 0 saturated carbocycles. The Morgan fingerprint density at radius 3 is 2.64 bits per heavy atom. The standard InChI is InChI=1S/C24H22F2N6O/c1-14(20-4-2-3-6-29-20)31-24(33)19-12-30-21(11-27)22(15-8-16(25)10-17(26)9-15)23(19)32-7-5-18(28)13-32/h2-4,6,8-10,12,14,18H,5,7,13,28H2,1H3,(H,31,33)/t14-,18-/m0/s1. The molecule has 1 aromatic carbocycles. The Morgan fingerprint density at radius 2 is 2.03 bits per heavy atom. The van der Waals surface area contributed by atoms with Crippen molar-refractivity contribution in [2.24, 2.45) is 5.73 Å². The summed E-state index contributed by atoms with van der Waals surface area (Å²) in [6, 6.07) is 9.84. The Kier molecular flexibility index (Phi) is 6.29. The van der Waals surface area contributed by atoms with Crippen LogP contribution >= 0.6 is 0 Å². The molecule has 3 heterocycles. The molecule has 9 heteroatoms. The van der Waals surface area contributed by atoms with Crippen LogP contribution in [0.4, 0.5) is 14.5 Å². The molecule has 2 atom stereocenters. The van der Waals surface area contributed by atoms with Gasteiger partial charge in [0, 0.05) is 43.2 Å². The maximum atomic E-state index is 14.1. The van der Waals surface area contributed by atoms with Crippen LogP contribution in [0.25, 0.3) is 11.1 Å². The van der Waals surface area contributed by atoms with Gasteiger partial charge in [0.05, 0.1) is 23.0 Å². The number of anilines is 1. The fourth-order valence-corrected chi connectivity index (χ4v) is 4.02. The van der Waals surface area contributed by atoms with E-state index in [9.17, 15) is 18.8 Å². The van der Waals surface area contributed by atoms with Crippen LogP contribution in [0.2, 0.25) is 0 Å². The van der Waals surface area contributed by atoms with Crippen molar-refractivity contribution in [3.8, 4) is 17.2 Å². The highest BCUT2D eigenvalue weighted by molar-refractivity contribution is 6.04. The third-order valence-electron chi connectivity index (χ3n) is 5.57. The van der Waals surface area contributed by atoms with Crippen LogP contribution in [-0.4, -0.2) is 35.0 Å².